The van der Waals surface area contributed by atoms with Crippen LogP contribution in [0, 0.1) is 11.8 Å². The lowest BCUT2D eigenvalue weighted by atomic mass is 9.87. The maximum Gasteiger partial charge on any atom is 0.303 e. The highest BCUT2D eigenvalue weighted by atomic mass is 19.1. The molecule has 0 saturated heterocycles. The summed E-state index contributed by atoms with van der Waals surface area (Å²) in [6.45, 7) is 5.38. The standard InChI is InChI=1S/C23H37FO5/c1-3-4-5-9-14-23(29,17(2)24)15-10-12-19-18(20(25)16-21(19)26)11-7-6-8-13-22(27)28/h6-7,10,12,18-21,25-26,29H,2-5,8-9,11,13-16H2,1H3,(H,27,28)/b7-6-,12-10+/t18-,19-,20+,21-,23?/m1/s1. The summed E-state index contributed by atoms with van der Waals surface area (Å²) in [5.41, 5.74) is -1.60. The van der Waals surface area contributed by atoms with Crippen molar-refractivity contribution in [3.05, 3.63) is 36.7 Å². The third-order valence-electron chi connectivity index (χ3n) is 5.78. The van der Waals surface area contributed by atoms with Gasteiger partial charge in [-0.1, -0.05) is 63.5 Å². The highest BCUT2D eigenvalue weighted by Crippen LogP contribution is 2.37. The Morgan fingerprint density at radius 2 is 1.90 bits per heavy atom. The van der Waals surface area contributed by atoms with Gasteiger partial charge < -0.3 is 20.4 Å². The molecule has 0 heterocycles. The number of carbonyl (C=O) groups is 1. The van der Waals surface area contributed by atoms with Gasteiger partial charge >= 0.3 is 5.97 Å². The van der Waals surface area contributed by atoms with Crippen molar-refractivity contribution in [1.29, 1.82) is 0 Å². The minimum Gasteiger partial charge on any atom is -0.481 e. The third kappa shape index (κ3) is 8.81. The minimum atomic E-state index is -1.60. The second kappa shape index (κ2) is 12.9. The zero-order valence-electron chi connectivity index (χ0n) is 17.5. The summed E-state index contributed by atoms with van der Waals surface area (Å²) in [5, 5.41) is 39.8. The number of rotatable bonds is 14. The zero-order valence-corrected chi connectivity index (χ0v) is 17.5. The van der Waals surface area contributed by atoms with Crippen molar-refractivity contribution in [2.75, 3.05) is 0 Å². The molecular weight excluding hydrogens is 375 g/mol. The van der Waals surface area contributed by atoms with Gasteiger partial charge in [0, 0.05) is 25.2 Å². The first-order valence-electron chi connectivity index (χ1n) is 10.7. The molecular formula is C23H37FO5. The molecule has 1 saturated carbocycles. The average molecular weight is 413 g/mol. The molecule has 5 atom stereocenters. The molecule has 29 heavy (non-hydrogen) atoms. The quantitative estimate of drug-likeness (QED) is 0.252. The zero-order chi connectivity index (χ0) is 21.9. The monoisotopic (exact) mass is 412 g/mol. The van der Waals surface area contributed by atoms with Crippen LogP contribution in [0.3, 0.4) is 0 Å². The van der Waals surface area contributed by atoms with Gasteiger partial charge in [-0.15, -0.1) is 0 Å². The molecule has 1 fully saturated rings. The van der Waals surface area contributed by atoms with E-state index in [2.05, 4.69) is 13.5 Å². The fraction of sp³-hybridized carbons (Fsp3) is 0.696. The SMILES string of the molecule is C=C(F)C(O)(C/C=C/[C@@H]1[C@@H](C/C=C\CCC(=O)O)[C@@H](O)C[C@H]1O)CCCCCC. The summed E-state index contributed by atoms with van der Waals surface area (Å²) < 4.78 is 13.9. The Morgan fingerprint density at radius 1 is 1.17 bits per heavy atom. The molecule has 0 aromatic heterocycles. The van der Waals surface area contributed by atoms with E-state index in [1.807, 2.05) is 6.08 Å². The number of halogens is 1. The maximum absolute atomic E-state index is 13.9. The summed E-state index contributed by atoms with van der Waals surface area (Å²) in [5.74, 6) is -2.10. The second-order valence-corrected chi connectivity index (χ2v) is 8.13. The number of aliphatic hydroxyl groups is 3. The molecule has 0 spiro atoms. The highest BCUT2D eigenvalue weighted by molar-refractivity contribution is 5.66. The molecule has 5 nitrogen and oxygen atoms in total. The topological polar surface area (TPSA) is 98.0 Å². The molecule has 0 bridgehead atoms. The van der Waals surface area contributed by atoms with Crippen LogP contribution >= 0.6 is 0 Å². The molecule has 6 heteroatoms. The molecule has 0 radical (unpaired) electrons. The predicted octanol–water partition coefficient (Wildman–Crippen LogP) is 4.29. The summed E-state index contributed by atoms with van der Waals surface area (Å²) in [6, 6.07) is 0. The van der Waals surface area contributed by atoms with E-state index in [4.69, 9.17) is 5.11 Å². The first kappa shape index (κ1) is 25.5. The first-order chi connectivity index (χ1) is 13.7. The Hall–Kier alpha value is -1.50. The van der Waals surface area contributed by atoms with Crippen LogP contribution in [0.4, 0.5) is 4.39 Å². The van der Waals surface area contributed by atoms with E-state index in [1.54, 1.807) is 18.2 Å². The van der Waals surface area contributed by atoms with E-state index >= 15 is 0 Å². The number of aliphatic carboxylic acids is 1. The number of carboxylic acid groups (broad SMARTS) is 1. The van der Waals surface area contributed by atoms with Gasteiger partial charge in [0.25, 0.3) is 0 Å². The van der Waals surface area contributed by atoms with Gasteiger partial charge in [-0.05, 0) is 25.2 Å². The van der Waals surface area contributed by atoms with Crippen LogP contribution in [-0.2, 0) is 4.79 Å². The molecule has 166 valence electrons. The van der Waals surface area contributed by atoms with Crippen LogP contribution < -0.4 is 0 Å². The van der Waals surface area contributed by atoms with Gasteiger partial charge in [0.15, 0.2) is 0 Å². The van der Waals surface area contributed by atoms with Crippen LogP contribution in [0.2, 0.25) is 0 Å². The van der Waals surface area contributed by atoms with E-state index in [0.717, 1.165) is 25.7 Å². The molecule has 0 aromatic carbocycles. The Morgan fingerprint density at radius 3 is 2.52 bits per heavy atom. The Kier molecular flexibility index (Phi) is 11.4. The van der Waals surface area contributed by atoms with E-state index < -0.39 is 29.6 Å². The Balaban J connectivity index is 2.66. The van der Waals surface area contributed by atoms with Crippen molar-refractivity contribution in [3.8, 4) is 0 Å². The van der Waals surface area contributed by atoms with Crippen LogP contribution in [0.15, 0.2) is 36.7 Å². The summed E-state index contributed by atoms with van der Waals surface area (Å²) in [6.07, 6.45) is 11.1. The summed E-state index contributed by atoms with van der Waals surface area (Å²) >= 11 is 0. The van der Waals surface area contributed by atoms with Crippen LogP contribution in [0.1, 0.15) is 71.1 Å². The lowest BCUT2D eigenvalue weighted by molar-refractivity contribution is -0.136. The molecule has 0 amide bonds. The highest BCUT2D eigenvalue weighted by Gasteiger charge is 2.39. The Bertz CT molecular complexity index is 574. The smallest absolute Gasteiger partial charge is 0.303 e. The molecule has 1 rings (SSSR count). The third-order valence-corrected chi connectivity index (χ3v) is 5.78. The van der Waals surface area contributed by atoms with Gasteiger partial charge in [0.2, 0.25) is 0 Å². The molecule has 1 aliphatic rings. The van der Waals surface area contributed by atoms with Crippen LogP contribution in [-0.4, -0.2) is 44.2 Å². The van der Waals surface area contributed by atoms with Crippen molar-refractivity contribution >= 4 is 5.97 Å². The molecule has 0 aromatic rings. The van der Waals surface area contributed by atoms with E-state index in [1.165, 1.54) is 0 Å². The fourth-order valence-corrected chi connectivity index (χ4v) is 3.90. The minimum absolute atomic E-state index is 0.0552. The number of hydrogen-bond donors (Lipinski definition) is 4. The van der Waals surface area contributed by atoms with Crippen molar-refractivity contribution in [2.45, 2.75) is 88.9 Å². The number of unbranched alkanes of at least 4 members (excludes halogenated alkanes) is 3. The van der Waals surface area contributed by atoms with E-state index in [9.17, 15) is 24.5 Å². The van der Waals surface area contributed by atoms with Gasteiger partial charge in [0.05, 0.1) is 12.2 Å². The van der Waals surface area contributed by atoms with E-state index in [-0.39, 0.29) is 31.1 Å². The fourth-order valence-electron chi connectivity index (χ4n) is 3.90. The normalized spacial score (nSPS) is 26.9. The van der Waals surface area contributed by atoms with Gasteiger partial charge in [-0.2, -0.15) is 0 Å². The predicted molar refractivity (Wildman–Crippen MR) is 112 cm³/mol. The van der Waals surface area contributed by atoms with Crippen molar-refractivity contribution in [1.82, 2.24) is 0 Å². The van der Waals surface area contributed by atoms with Crippen molar-refractivity contribution in [2.24, 2.45) is 11.8 Å². The molecule has 1 unspecified atom stereocenters. The molecule has 4 N–H and O–H groups in total. The number of aliphatic hydroxyl groups excluding tert-OH is 2. The lowest BCUT2D eigenvalue weighted by Crippen LogP contribution is -2.28. The summed E-state index contributed by atoms with van der Waals surface area (Å²) in [4.78, 5) is 10.5. The van der Waals surface area contributed by atoms with Crippen LogP contribution in [0.5, 0.6) is 0 Å². The van der Waals surface area contributed by atoms with E-state index in [0.29, 0.717) is 19.3 Å². The number of allylic oxidation sites excluding steroid dienone is 2. The van der Waals surface area contributed by atoms with Crippen LogP contribution in [0.25, 0.3) is 0 Å². The van der Waals surface area contributed by atoms with Crippen molar-refractivity contribution in [3.63, 3.8) is 0 Å². The largest absolute Gasteiger partial charge is 0.481 e. The van der Waals surface area contributed by atoms with Gasteiger partial charge in [-0.25, -0.2) is 4.39 Å². The van der Waals surface area contributed by atoms with Crippen molar-refractivity contribution < 1.29 is 29.6 Å². The maximum atomic E-state index is 13.9. The number of carboxylic acids is 1. The second-order valence-electron chi connectivity index (χ2n) is 8.13. The average Bonchev–Trinajstić information content (AvgIpc) is 2.91. The lowest BCUT2D eigenvalue weighted by Gasteiger charge is -2.25. The molecule has 1 aliphatic carbocycles. The first-order valence-corrected chi connectivity index (χ1v) is 10.7. The Labute approximate surface area is 173 Å². The van der Waals surface area contributed by atoms with Gasteiger partial charge in [-0.3, -0.25) is 4.79 Å². The molecule has 0 aliphatic heterocycles. The summed E-state index contributed by atoms with van der Waals surface area (Å²) in [7, 11) is 0. The number of hydrogen-bond acceptors (Lipinski definition) is 4. The van der Waals surface area contributed by atoms with Gasteiger partial charge in [0.1, 0.15) is 11.4 Å².